The third-order valence-corrected chi connectivity index (χ3v) is 2.77. The van der Waals surface area contributed by atoms with Crippen LogP contribution in [0, 0.1) is 0 Å². The summed E-state index contributed by atoms with van der Waals surface area (Å²) in [5.74, 6) is 1.02. The first kappa shape index (κ1) is 12.9. The Kier molecular flexibility index (Phi) is 3.30. The minimum absolute atomic E-state index is 0.155. The number of rotatable bonds is 2. The molecule has 0 radical (unpaired) electrons. The van der Waals surface area contributed by atoms with E-state index in [4.69, 9.17) is 11.6 Å². The smallest absolute Gasteiger partial charge is 0.313 e. The summed E-state index contributed by atoms with van der Waals surface area (Å²) in [5.41, 5.74) is -0.355. The van der Waals surface area contributed by atoms with Gasteiger partial charge in [-0.05, 0) is 12.1 Å². The molecule has 0 saturated carbocycles. The van der Waals surface area contributed by atoms with E-state index < -0.39 is 11.7 Å². The highest BCUT2D eigenvalue weighted by molar-refractivity contribution is 6.16. The molecule has 0 amide bonds. The summed E-state index contributed by atoms with van der Waals surface area (Å²) in [7, 11) is 1.66. The first-order valence-corrected chi connectivity index (χ1v) is 5.59. The standard InChI is InChI=1S/C11H9ClF3N3/c1-18-9(6-12)16-17-10(18)7-3-2-4-8(5-7)11(13,14)15/h2-5H,6H2,1H3. The van der Waals surface area contributed by atoms with Crippen molar-refractivity contribution in [3.63, 3.8) is 0 Å². The predicted molar refractivity (Wildman–Crippen MR) is 61.0 cm³/mol. The summed E-state index contributed by atoms with van der Waals surface area (Å²) in [4.78, 5) is 0. The zero-order valence-corrected chi connectivity index (χ0v) is 10.1. The van der Waals surface area contributed by atoms with Gasteiger partial charge in [0.2, 0.25) is 0 Å². The minimum atomic E-state index is -4.37. The van der Waals surface area contributed by atoms with Gasteiger partial charge in [-0.15, -0.1) is 21.8 Å². The zero-order chi connectivity index (χ0) is 13.3. The van der Waals surface area contributed by atoms with Crippen molar-refractivity contribution in [2.24, 2.45) is 7.05 Å². The maximum absolute atomic E-state index is 12.6. The number of aromatic nitrogens is 3. The lowest BCUT2D eigenvalue weighted by Crippen LogP contribution is -2.05. The van der Waals surface area contributed by atoms with E-state index in [0.717, 1.165) is 12.1 Å². The molecule has 0 N–H and O–H groups in total. The Bertz CT molecular complexity index is 563. The van der Waals surface area contributed by atoms with Crippen molar-refractivity contribution in [1.82, 2.24) is 14.8 Å². The molecule has 96 valence electrons. The fourth-order valence-electron chi connectivity index (χ4n) is 1.56. The quantitative estimate of drug-likeness (QED) is 0.788. The molecule has 0 fully saturated rings. The molecule has 7 heteroatoms. The van der Waals surface area contributed by atoms with E-state index in [1.165, 1.54) is 6.07 Å². The van der Waals surface area contributed by atoms with Crippen LogP contribution >= 0.6 is 11.6 Å². The molecule has 18 heavy (non-hydrogen) atoms. The Morgan fingerprint density at radius 1 is 1.28 bits per heavy atom. The molecule has 2 rings (SSSR count). The lowest BCUT2D eigenvalue weighted by Gasteiger charge is -2.08. The van der Waals surface area contributed by atoms with Gasteiger partial charge < -0.3 is 4.57 Å². The monoisotopic (exact) mass is 275 g/mol. The second-order valence-electron chi connectivity index (χ2n) is 3.71. The molecule has 1 aromatic heterocycles. The summed E-state index contributed by atoms with van der Waals surface area (Å²) in [6.45, 7) is 0. The van der Waals surface area contributed by atoms with Gasteiger partial charge >= 0.3 is 6.18 Å². The highest BCUT2D eigenvalue weighted by atomic mass is 35.5. The molecule has 1 heterocycles. The molecule has 0 spiro atoms. The summed E-state index contributed by atoms with van der Waals surface area (Å²) in [6, 6.07) is 4.95. The molecule has 2 aromatic rings. The second-order valence-corrected chi connectivity index (χ2v) is 3.98. The van der Waals surface area contributed by atoms with Gasteiger partial charge in [0.25, 0.3) is 0 Å². The lowest BCUT2D eigenvalue weighted by atomic mass is 10.1. The van der Waals surface area contributed by atoms with Crippen LogP contribution in [0.25, 0.3) is 11.4 Å². The summed E-state index contributed by atoms with van der Waals surface area (Å²) >= 11 is 5.63. The number of halogens is 4. The van der Waals surface area contributed by atoms with E-state index in [-0.39, 0.29) is 5.88 Å². The van der Waals surface area contributed by atoms with Crippen LogP contribution in [0.2, 0.25) is 0 Å². The van der Waals surface area contributed by atoms with Crippen LogP contribution in [0.15, 0.2) is 24.3 Å². The normalized spacial score (nSPS) is 11.8. The third-order valence-electron chi connectivity index (χ3n) is 2.53. The van der Waals surface area contributed by atoms with Gasteiger partial charge in [-0.1, -0.05) is 12.1 Å². The van der Waals surface area contributed by atoms with Gasteiger partial charge in [-0.2, -0.15) is 13.2 Å². The van der Waals surface area contributed by atoms with E-state index in [9.17, 15) is 13.2 Å². The van der Waals surface area contributed by atoms with Crippen LogP contribution in [0.1, 0.15) is 11.4 Å². The summed E-state index contributed by atoms with van der Waals surface area (Å²) < 4.78 is 39.3. The lowest BCUT2D eigenvalue weighted by molar-refractivity contribution is -0.137. The molecule has 0 aliphatic heterocycles. The fourth-order valence-corrected chi connectivity index (χ4v) is 1.80. The van der Waals surface area contributed by atoms with Gasteiger partial charge in [0.05, 0.1) is 11.4 Å². The van der Waals surface area contributed by atoms with Crippen LogP contribution in [0.3, 0.4) is 0 Å². The highest BCUT2D eigenvalue weighted by Crippen LogP contribution is 2.31. The Balaban J connectivity index is 2.48. The topological polar surface area (TPSA) is 30.7 Å². The molecule has 3 nitrogen and oxygen atoms in total. The molecule has 0 bridgehead atoms. The molecular formula is C11H9ClF3N3. The van der Waals surface area contributed by atoms with Gasteiger partial charge in [-0.3, -0.25) is 0 Å². The molecule has 1 aromatic carbocycles. The van der Waals surface area contributed by atoms with Crippen LogP contribution in [0.5, 0.6) is 0 Å². The molecule has 0 unspecified atom stereocenters. The fraction of sp³-hybridized carbons (Fsp3) is 0.273. The largest absolute Gasteiger partial charge is 0.416 e. The Hall–Kier alpha value is -1.56. The molecule has 0 atom stereocenters. The van der Waals surface area contributed by atoms with E-state index in [0.29, 0.717) is 17.2 Å². The van der Waals surface area contributed by atoms with Crippen molar-refractivity contribution in [2.75, 3.05) is 0 Å². The van der Waals surface area contributed by atoms with Crippen molar-refractivity contribution in [1.29, 1.82) is 0 Å². The van der Waals surface area contributed by atoms with E-state index >= 15 is 0 Å². The first-order chi connectivity index (χ1) is 8.43. The van der Waals surface area contributed by atoms with E-state index in [1.54, 1.807) is 17.7 Å². The van der Waals surface area contributed by atoms with Gasteiger partial charge in [0.1, 0.15) is 5.82 Å². The maximum atomic E-state index is 12.6. The van der Waals surface area contributed by atoms with Crippen molar-refractivity contribution in [2.45, 2.75) is 12.1 Å². The van der Waals surface area contributed by atoms with Crippen molar-refractivity contribution in [3.8, 4) is 11.4 Å². The van der Waals surface area contributed by atoms with E-state index in [1.807, 2.05) is 0 Å². The molecule has 0 aliphatic carbocycles. The average molecular weight is 276 g/mol. The third kappa shape index (κ3) is 2.33. The minimum Gasteiger partial charge on any atom is -0.313 e. The van der Waals surface area contributed by atoms with Gasteiger partial charge in [0.15, 0.2) is 5.82 Å². The van der Waals surface area contributed by atoms with Crippen LogP contribution < -0.4 is 0 Å². The van der Waals surface area contributed by atoms with Crippen LogP contribution in [-0.4, -0.2) is 14.8 Å². The number of alkyl halides is 4. The SMILES string of the molecule is Cn1c(CCl)nnc1-c1cccc(C(F)(F)F)c1. The number of hydrogen-bond donors (Lipinski definition) is 0. The summed E-state index contributed by atoms with van der Waals surface area (Å²) in [5, 5.41) is 7.64. The summed E-state index contributed by atoms with van der Waals surface area (Å²) in [6.07, 6.45) is -4.37. The number of nitrogens with zero attached hydrogens (tertiary/aromatic N) is 3. The van der Waals surface area contributed by atoms with Crippen molar-refractivity contribution in [3.05, 3.63) is 35.7 Å². The number of hydrogen-bond acceptors (Lipinski definition) is 2. The Morgan fingerprint density at radius 2 is 2.00 bits per heavy atom. The molecule has 0 aliphatic rings. The maximum Gasteiger partial charge on any atom is 0.416 e. The average Bonchev–Trinajstić information content (AvgIpc) is 2.69. The van der Waals surface area contributed by atoms with Gasteiger partial charge in [-0.25, -0.2) is 0 Å². The first-order valence-electron chi connectivity index (χ1n) is 5.05. The molecular weight excluding hydrogens is 267 g/mol. The zero-order valence-electron chi connectivity index (χ0n) is 9.37. The predicted octanol–water partition coefficient (Wildman–Crippen LogP) is 3.24. The van der Waals surface area contributed by atoms with Crippen molar-refractivity contribution >= 4 is 11.6 Å². The second kappa shape index (κ2) is 4.61. The Labute approximate surface area is 106 Å². The number of benzene rings is 1. The Morgan fingerprint density at radius 3 is 2.56 bits per heavy atom. The van der Waals surface area contributed by atoms with Crippen LogP contribution in [-0.2, 0) is 19.1 Å². The van der Waals surface area contributed by atoms with Crippen LogP contribution in [0.4, 0.5) is 13.2 Å². The molecule has 0 saturated heterocycles. The van der Waals surface area contributed by atoms with Crippen molar-refractivity contribution < 1.29 is 13.2 Å². The highest BCUT2D eigenvalue weighted by Gasteiger charge is 2.30. The van der Waals surface area contributed by atoms with Gasteiger partial charge in [0, 0.05) is 12.6 Å². The van der Waals surface area contributed by atoms with E-state index in [2.05, 4.69) is 10.2 Å².